The fraction of sp³-hybridized carbons (Fsp3) is 1.00. The van der Waals surface area contributed by atoms with Crippen molar-refractivity contribution in [1.29, 1.82) is 0 Å². The summed E-state index contributed by atoms with van der Waals surface area (Å²) >= 11 is 0. The number of halogens is 3. The summed E-state index contributed by atoms with van der Waals surface area (Å²) in [6.07, 6.45) is 0. The van der Waals surface area contributed by atoms with E-state index in [1.165, 1.54) is 0 Å². The average molecular weight is 253 g/mol. The quantitative estimate of drug-likeness (QED) is 0.610. The van der Waals surface area contributed by atoms with Crippen LogP contribution in [0, 0.1) is 0 Å². The molecule has 1 unspecified atom stereocenters. The number of hydrogen-bond donors (Lipinski definition) is 0. The van der Waals surface area contributed by atoms with E-state index >= 15 is 0 Å². The van der Waals surface area contributed by atoms with E-state index in [4.69, 9.17) is 9.05 Å². The van der Waals surface area contributed by atoms with Crippen LogP contribution in [0.1, 0.15) is 0 Å². The van der Waals surface area contributed by atoms with Gasteiger partial charge in [-0.05, 0) is 0 Å². The minimum absolute atomic E-state index is 0.135. The largest absolute Gasteiger partial charge is 0.422 e. The molecule has 0 radical (unpaired) electrons. The van der Waals surface area contributed by atoms with Crippen LogP contribution in [0.15, 0.2) is 13.5 Å². The molecule has 0 aliphatic carbocycles. The fourth-order valence-corrected chi connectivity index (χ4v) is 6.71. The highest BCUT2D eigenvalue weighted by Gasteiger charge is 2.36. The molecule has 1 fully saturated rings. The summed E-state index contributed by atoms with van der Waals surface area (Å²) in [6.45, 7) is 0.270. The molecule has 1 saturated heterocycles. The van der Waals surface area contributed by atoms with Crippen molar-refractivity contribution in [2.24, 2.45) is 13.5 Å². The van der Waals surface area contributed by atoms with E-state index in [1.807, 2.05) is 0 Å². The van der Waals surface area contributed by atoms with Crippen LogP contribution in [0.2, 0.25) is 0 Å². The van der Waals surface area contributed by atoms with Gasteiger partial charge < -0.3 is 9.05 Å². The highest BCUT2D eigenvalue weighted by atomic mass is 31.3. The van der Waals surface area contributed by atoms with Gasteiger partial charge in [-0.25, -0.2) is 0 Å². The number of hydrogen-bond acceptors (Lipinski definition) is 5. The van der Waals surface area contributed by atoms with Gasteiger partial charge in [-0.1, -0.05) is 0 Å². The molecule has 11 heteroatoms. The molecule has 2 heterocycles. The van der Waals surface area contributed by atoms with E-state index in [-0.39, 0.29) is 13.2 Å². The SMILES string of the molecule is F[PH]1=NP2(=NP(F)(F)=N1)OCCO2. The molecular formula is C2H5F3N3O2P3. The molecule has 0 aromatic carbocycles. The second-order valence-electron chi connectivity index (χ2n) is 2.17. The van der Waals surface area contributed by atoms with Crippen LogP contribution in [-0.4, -0.2) is 13.2 Å². The smallest absolute Gasteiger partial charge is 0.304 e. The van der Waals surface area contributed by atoms with Crippen molar-refractivity contribution in [3.63, 3.8) is 0 Å². The molecule has 2 aliphatic rings. The maximum Gasteiger partial charge on any atom is 0.422 e. The molecular weight excluding hydrogens is 248 g/mol. The van der Waals surface area contributed by atoms with E-state index in [0.717, 1.165) is 0 Å². The van der Waals surface area contributed by atoms with Crippen LogP contribution in [-0.2, 0) is 9.05 Å². The first-order valence-corrected chi connectivity index (χ1v) is 7.50. The molecule has 0 amide bonds. The third-order valence-electron chi connectivity index (χ3n) is 1.23. The fourth-order valence-electron chi connectivity index (χ4n) is 0.859. The van der Waals surface area contributed by atoms with Gasteiger partial charge in [-0.15, -0.1) is 12.9 Å². The number of nitrogens with zero attached hydrogens (tertiary/aromatic N) is 3. The maximum absolute atomic E-state index is 12.7. The van der Waals surface area contributed by atoms with Crippen molar-refractivity contribution >= 4 is 23.7 Å². The highest BCUT2D eigenvalue weighted by Crippen LogP contribution is 2.76. The van der Waals surface area contributed by atoms with E-state index in [0.29, 0.717) is 0 Å². The Hall–Kier alpha value is 0.400. The lowest BCUT2D eigenvalue weighted by Gasteiger charge is -2.14. The zero-order valence-electron chi connectivity index (χ0n) is 6.10. The Morgan fingerprint density at radius 1 is 1.23 bits per heavy atom. The maximum atomic E-state index is 12.7. The Morgan fingerprint density at radius 2 is 1.85 bits per heavy atom. The third-order valence-corrected chi connectivity index (χ3v) is 7.33. The summed E-state index contributed by atoms with van der Waals surface area (Å²) in [5, 5.41) is 0. The minimum Gasteiger partial charge on any atom is -0.304 e. The van der Waals surface area contributed by atoms with E-state index in [9.17, 15) is 12.6 Å². The Bertz CT molecular complexity index is 364. The van der Waals surface area contributed by atoms with Gasteiger partial charge >= 0.3 is 15.5 Å². The van der Waals surface area contributed by atoms with Crippen LogP contribution in [0.5, 0.6) is 0 Å². The van der Waals surface area contributed by atoms with Crippen LogP contribution >= 0.6 is 23.7 Å². The first-order valence-electron chi connectivity index (χ1n) is 3.22. The Kier molecular flexibility index (Phi) is 2.45. The van der Waals surface area contributed by atoms with Gasteiger partial charge in [0, 0.05) is 0 Å². The minimum atomic E-state index is -4.88. The van der Waals surface area contributed by atoms with E-state index < -0.39 is 23.7 Å². The van der Waals surface area contributed by atoms with Gasteiger partial charge in [-0.3, -0.25) is 0 Å². The number of rotatable bonds is 0. The second kappa shape index (κ2) is 3.21. The van der Waals surface area contributed by atoms with Crippen molar-refractivity contribution in [2.45, 2.75) is 0 Å². The van der Waals surface area contributed by atoms with Crippen LogP contribution < -0.4 is 0 Å². The van der Waals surface area contributed by atoms with Gasteiger partial charge in [0.25, 0.3) is 0 Å². The second-order valence-corrected chi connectivity index (χ2v) is 7.43. The van der Waals surface area contributed by atoms with E-state index in [2.05, 4.69) is 13.5 Å². The Morgan fingerprint density at radius 3 is 2.38 bits per heavy atom. The molecule has 2 aliphatic heterocycles. The summed E-state index contributed by atoms with van der Waals surface area (Å²) < 4.78 is 56.7. The summed E-state index contributed by atoms with van der Waals surface area (Å²) in [5.41, 5.74) is 0. The molecule has 5 nitrogen and oxygen atoms in total. The van der Waals surface area contributed by atoms with Gasteiger partial charge in [0.1, 0.15) is 0 Å². The predicted octanol–water partition coefficient (Wildman–Crippen LogP) is 4.08. The van der Waals surface area contributed by atoms with Crippen molar-refractivity contribution in [3.8, 4) is 0 Å². The topological polar surface area (TPSA) is 55.5 Å². The summed E-state index contributed by atoms with van der Waals surface area (Å²) in [5.74, 6) is 0. The molecule has 1 spiro atoms. The standard InChI is InChI=1S/C2H5F3N3O2P3/c3-11-6-12(4,5)8-13(7-11)9-1-2-10-13/h11H,1-2H2. The molecule has 0 aromatic rings. The summed E-state index contributed by atoms with van der Waals surface area (Å²) in [7, 11) is -11.4. The Balaban J connectivity index is 2.53. The normalized spacial score (nSPS) is 34.8. The van der Waals surface area contributed by atoms with Crippen molar-refractivity contribution in [3.05, 3.63) is 0 Å². The lowest BCUT2D eigenvalue weighted by atomic mass is 10.8. The van der Waals surface area contributed by atoms with Crippen LogP contribution in [0.4, 0.5) is 12.6 Å². The third kappa shape index (κ3) is 2.08. The zero-order chi connectivity index (χ0) is 9.53. The molecule has 76 valence electrons. The zero-order valence-corrected chi connectivity index (χ0v) is 8.89. The van der Waals surface area contributed by atoms with Crippen molar-refractivity contribution < 1.29 is 21.6 Å². The molecule has 0 N–H and O–H groups in total. The van der Waals surface area contributed by atoms with E-state index in [1.54, 1.807) is 0 Å². The first-order chi connectivity index (χ1) is 6.02. The van der Waals surface area contributed by atoms with Gasteiger partial charge in [0.05, 0.1) is 13.2 Å². The first kappa shape index (κ1) is 9.94. The van der Waals surface area contributed by atoms with Crippen LogP contribution in [0.3, 0.4) is 0 Å². The summed E-state index contributed by atoms with van der Waals surface area (Å²) in [6, 6.07) is 0. The van der Waals surface area contributed by atoms with Gasteiger partial charge in [0.2, 0.25) is 8.17 Å². The lowest BCUT2D eigenvalue weighted by Crippen LogP contribution is -1.79. The highest BCUT2D eigenvalue weighted by molar-refractivity contribution is 7.74. The molecule has 0 aromatic heterocycles. The van der Waals surface area contributed by atoms with Crippen molar-refractivity contribution in [1.82, 2.24) is 0 Å². The summed E-state index contributed by atoms with van der Waals surface area (Å²) in [4.78, 5) is 0. The molecule has 1 atom stereocenters. The predicted molar refractivity (Wildman–Crippen MR) is 44.7 cm³/mol. The molecule has 13 heavy (non-hydrogen) atoms. The van der Waals surface area contributed by atoms with Crippen LogP contribution in [0.25, 0.3) is 0 Å². The Labute approximate surface area is 72.9 Å². The molecule has 0 bridgehead atoms. The van der Waals surface area contributed by atoms with Gasteiger partial charge in [-0.2, -0.15) is 13.2 Å². The lowest BCUT2D eigenvalue weighted by molar-refractivity contribution is 0.365. The van der Waals surface area contributed by atoms with Gasteiger partial charge in [0.15, 0.2) is 0 Å². The van der Waals surface area contributed by atoms with Crippen molar-refractivity contribution in [2.75, 3.05) is 13.2 Å². The molecule has 0 saturated carbocycles. The monoisotopic (exact) mass is 253 g/mol. The molecule has 2 rings (SSSR count). The average Bonchev–Trinajstić information content (AvgIpc) is 2.31.